The second-order valence-electron chi connectivity index (χ2n) is 5.01. The first-order valence-electron chi connectivity index (χ1n) is 5.72. The lowest BCUT2D eigenvalue weighted by Gasteiger charge is -2.31. The van der Waals surface area contributed by atoms with Crippen LogP contribution in [0.3, 0.4) is 0 Å². The molecule has 0 aliphatic carbocycles. The summed E-state index contributed by atoms with van der Waals surface area (Å²) in [7, 11) is 0. The summed E-state index contributed by atoms with van der Waals surface area (Å²) in [6, 6.07) is 10.4. The zero-order valence-electron chi connectivity index (χ0n) is 9.66. The summed E-state index contributed by atoms with van der Waals surface area (Å²) in [5, 5.41) is 1.20. The SMILES string of the molecule is CC1(C)CCc2cc3ccccc3nc2O1. The Kier molecular flexibility index (Phi) is 1.93. The van der Waals surface area contributed by atoms with Crippen LogP contribution in [0.4, 0.5) is 0 Å². The van der Waals surface area contributed by atoms with E-state index in [1.165, 1.54) is 10.9 Å². The van der Waals surface area contributed by atoms with Gasteiger partial charge in [0.25, 0.3) is 0 Å². The average Bonchev–Trinajstić information content (AvgIpc) is 2.25. The zero-order chi connectivity index (χ0) is 11.2. The molecule has 1 aliphatic heterocycles. The fourth-order valence-corrected chi connectivity index (χ4v) is 2.16. The number of rotatable bonds is 0. The Balaban J connectivity index is 2.17. The average molecular weight is 213 g/mol. The first kappa shape index (κ1) is 9.64. The van der Waals surface area contributed by atoms with Gasteiger partial charge in [0.1, 0.15) is 5.60 Å². The molecule has 0 saturated heterocycles. The quantitative estimate of drug-likeness (QED) is 0.669. The number of hydrogen-bond acceptors (Lipinski definition) is 2. The van der Waals surface area contributed by atoms with Crippen molar-refractivity contribution in [3.05, 3.63) is 35.9 Å². The van der Waals surface area contributed by atoms with Crippen LogP contribution in [-0.2, 0) is 6.42 Å². The molecule has 0 bridgehead atoms. The standard InChI is InChI=1S/C14H15NO/c1-14(2)8-7-11-9-10-5-3-4-6-12(10)15-13(11)16-14/h3-6,9H,7-8H2,1-2H3. The number of aromatic nitrogens is 1. The molecular formula is C14H15NO. The molecule has 0 amide bonds. The van der Waals surface area contributed by atoms with Crippen LogP contribution in [0.15, 0.2) is 30.3 Å². The molecule has 82 valence electrons. The van der Waals surface area contributed by atoms with Gasteiger partial charge in [-0.3, -0.25) is 0 Å². The second kappa shape index (κ2) is 3.21. The molecule has 1 aliphatic rings. The van der Waals surface area contributed by atoms with Gasteiger partial charge in [-0.2, -0.15) is 0 Å². The van der Waals surface area contributed by atoms with Crippen LogP contribution >= 0.6 is 0 Å². The molecule has 0 radical (unpaired) electrons. The van der Waals surface area contributed by atoms with Gasteiger partial charge in [-0.05, 0) is 38.8 Å². The topological polar surface area (TPSA) is 22.1 Å². The Morgan fingerprint density at radius 3 is 2.94 bits per heavy atom. The van der Waals surface area contributed by atoms with Gasteiger partial charge in [-0.25, -0.2) is 4.98 Å². The van der Waals surface area contributed by atoms with E-state index in [2.05, 4.69) is 31.0 Å². The minimum Gasteiger partial charge on any atom is -0.471 e. The predicted molar refractivity (Wildman–Crippen MR) is 64.8 cm³/mol. The summed E-state index contributed by atoms with van der Waals surface area (Å²) in [6.07, 6.45) is 2.11. The van der Waals surface area contributed by atoms with Gasteiger partial charge in [0, 0.05) is 10.9 Å². The van der Waals surface area contributed by atoms with Crippen molar-refractivity contribution in [2.24, 2.45) is 0 Å². The molecule has 1 aromatic carbocycles. The maximum Gasteiger partial charge on any atom is 0.217 e. The number of fused-ring (bicyclic) bond motifs is 2. The molecule has 2 heterocycles. The third-order valence-corrected chi connectivity index (χ3v) is 3.13. The highest BCUT2D eigenvalue weighted by Crippen LogP contribution is 2.33. The van der Waals surface area contributed by atoms with Crippen molar-refractivity contribution in [2.45, 2.75) is 32.3 Å². The smallest absolute Gasteiger partial charge is 0.217 e. The van der Waals surface area contributed by atoms with E-state index in [9.17, 15) is 0 Å². The number of pyridine rings is 1. The maximum atomic E-state index is 5.92. The highest BCUT2D eigenvalue weighted by Gasteiger charge is 2.27. The van der Waals surface area contributed by atoms with Crippen molar-refractivity contribution in [3.8, 4) is 5.88 Å². The maximum absolute atomic E-state index is 5.92. The molecule has 2 heteroatoms. The van der Waals surface area contributed by atoms with Crippen molar-refractivity contribution in [1.29, 1.82) is 0 Å². The second-order valence-corrected chi connectivity index (χ2v) is 5.01. The van der Waals surface area contributed by atoms with Crippen LogP contribution in [0.1, 0.15) is 25.8 Å². The largest absolute Gasteiger partial charge is 0.471 e. The van der Waals surface area contributed by atoms with E-state index >= 15 is 0 Å². The van der Waals surface area contributed by atoms with E-state index in [-0.39, 0.29) is 5.60 Å². The summed E-state index contributed by atoms with van der Waals surface area (Å²) < 4.78 is 5.92. The highest BCUT2D eigenvalue weighted by molar-refractivity contribution is 5.80. The van der Waals surface area contributed by atoms with Crippen LogP contribution in [0, 0.1) is 0 Å². The Hall–Kier alpha value is -1.57. The van der Waals surface area contributed by atoms with Crippen molar-refractivity contribution in [1.82, 2.24) is 4.98 Å². The minimum atomic E-state index is -0.0809. The molecule has 0 spiro atoms. The van der Waals surface area contributed by atoms with Crippen LogP contribution < -0.4 is 4.74 Å². The Labute approximate surface area is 95.3 Å². The van der Waals surface area contributed by atoms with Gasteiger partial charge in [0.15, 0.2) is 0 Å². The number of hydrogen-bond donors (Lipinski definition) is 0. The third kappa shape index (κ3) is 1.54. The number of aryl methyl sites for hydroxylation is 1. The zero-order valence-corrected chi connectivity index (χ0v) is 9.66. The Morgan fingerprint density at radius 2 is 2.06 bits per heavy atom. The summed E-state index contributed by atoms with van der Waals surface area (Å²) in [5.41, 5.74) is 2.17. The molecule has 0 saturated carbocycles. The van der Waals surface area contributed by atoms with Crippen LogP contribution in [0.2, 0.25) is 0 Å². The van der Waals surface area contributed by atoms with Gasteiger partial charge in [-0.15, -0.1) is 0 Å². The fraction of sp³-hybridized carbons (Fsp3) is 0.357. The van der Waals surface area contributed by atoms with Gasteiger partial charge < -0.3 is 4.74 Å². The summed E-state index contributed by atoms with van der Waals surface area (Å²) in [6.45, 7) is 4.24. The Morgan fingerprint density at radius 1 is 1.25 bits per heavy atom. The predicted octanol–water partition coefficient (Wildman–Crippen LogP) is 3.34. The highest BCUT2D eigenvalue weighted by atomic mass is 16.5. The number of ether oxygens (including phenoxy) is 1. The van der Waals surface area contributed by atoms with E-state index in [0.29, 0.717) is 0 Å². The van der Waals surface area contributed by atoms with Crippen molar-refractivity contribution in [3.63, 3.8) is 0 Å². The van der Waals surface area contributed by atoms with Gasteiger partial charge in [0.2, 0.25) is 5.88 Å². The lowest BCUT2D eigenvalue weighted by Crippen LogP contribution is -2.33. The number of nitrogens with zero attached hydrogens (tertiary/aromatic N) is 1. The number of para-hydroxylation sites is 1. The normalized spacial score (nSPS) is 17.9. The first-order chi connectivity index (χ1) is 7.64. The van der Waals surface area contributed by atoms with Gasteiger partial charge in [0.05, 0.1) is 5.52 Å². The molecule has 16 heavy (non-hydrogen) atoms. The van der Waals surface area contributed by atoms with Gasteiger partial charge >= 0.3 is 0 Å². The number of benzene rings is 1. The molecule has 0 fully saturated rings. The summed E-state index contributed by atoms with van der Waals surface area (Å²) >= 11 is 0. The molecule has 0 N–H and O–H groups in total. The molecule has 2 nitrogen and oxygen atoms in total. The van der Waals surface area contributed by atoms with E-state index in [0.717, 1.165) is 24.2 Å². The van der Waals surface area contributed by atoms with E-state index in [4.69, 9.17) is 4.74 Å². The monoisotopic (exact) mass is 213 g/mol. The van der Waals surface area contributed by atoms with Crippen LogP contribution in [0.25, 0.3) is 10.9 Å². The lowest BCUT2D eigenvalue weighted by molar-refractivity contribution is 0.0789. The molecule has 0 unspecified atom stereocenters. The molecule has 2 aromatic rings. The molecule has 0 atom stereocenters. The van der Waals surface area contributed by atoms with Crippen molar-refractivity contribution < 1.29 is 4.74 Å². The lowest BCUT2D eigenvalue weighted by atomic mass is 9.95. The Bertz CT molecular complexity index is 545. The van der Waals surface area contributed by atoms with Crippen molar-refractivity contribution in [2.75, 3.05) is 0 Å². The van der Waals surface area contributed by atoms with Crippen LogP contribution in [-0.4, -0.2) is 10.6 Å². The molecular weight excluding hydrogens is 198 g/mol. The van der Waals surface area contributed by atoms with Crippen molar-refractivity contribution >= 4 is 10.9 Å². The van der Waals surface area contributed by atoms with E-state index < -0.39 is 0 Å². The summed E-state index contributed by atoms with van der Waals surface area (Å²) in [4.78, 5) is 4.59. The summed E-state index contributed by atoms with van der Waals surface area (Å²) in [5.74, 6) is 0.815. The minimum absolute atomic E-state index is 0.0809. The molecule has 1 aromatic heterocycles. The molecule has 3 rings (SSSR count). The fourth-order valence-electron chi connectivity index (χ4n) is 2.16. The van der Waals surface area contributed by atoms with E-state index in [1.54, 1.807) is 0 Å². The third-order valence-electron chi connectivity index (χ3n) is 3.13. The van der Waals surface area contributed by atoms with Gasteiger partial charge in [-0.1, -0.05) is 18.2 Å². The van der Waals surface area contributed by atoms with E-state index in [1.807, 2.05) is 18.2 Å². The first-order valence-corrected chi connectivity index (χ1v) is 5.72. The van der Waals surface area contributed by atoms with Crippen LogP contribution in [0.5, 0.6) is 5.88 Å².